The van der Waals surface area contributed by atoms with Crippen LogP contribution in [-0.2, 0) is 20.0 Å². The van der Waals surface area contributed by atoms with E-state index in [9.17, 15) is 9.59 Å². The van der Waals surface area contributed by atoms with E-state index in [1.54, 1.807) is 18.2 Å². The fourth-order valence-corrected chi connectivity index (χ4v) is 7.68. The number of likely N-dealkylation sites (tertiary alicyclic amines) is 2. The fraction of sp³-hybridized carbons (Fsp3) is 0.412. The highest BCUT2D eigenvalue weighted by Gasteiger charge is 2.39. The fourth-order valence-electron chi connectivity index (χ4n) is 7.30. The molecule has 2 aliphatic heterocycles. The molecule has 3 aromatic carbocycles. The first-order chi connectivity index (χ1) is 21.3. The van der Waals surface area contributed by atoms with Gasteiger partial charge in [-0.2, -0.15) is 0 Å². The molecule has 1 aliphatic carbocycles. The molecule has 1 unspecified atom stereocenters. The van der Waals surface area contributed by atoms with E-state index in [0.29, 0.717) is 21.6 Å². The maximum atomic E-state index is 13.6. The van der Waals surface area contributed by atoms with Crippen LogP contribution in [-0.4, -0.2) is 62.8 Å². The summed E-state index contributed by atoms with van der Waals surface area (Å²) in [5, 5.41) is 12.1. The van der Waals surface area contributed by atoms with Gasteiger partial charge in [0.15, 0.2) is 0 Å². The average Bonchev–Trinajstić information content (AvgIpc) is 3.62. The van der Waals surface area contributed by atoms with Gasteiger partial charge in [0.05, 0.1) is 27.2 Å². The third kappa shape index (κ3) is 5.59. The number of nitrogens with zero attached hydrogens (tertiary/aromatic N) is 5. The number of amides is 2. The van der Waals surface area contributed by atoms with Crippen molar-refractivity contribution in [3.63, 3.8) is 0 Å². The summed E-state index contributed by atoms with van der Waals surface area (Å²) in [6.07, 6.45) is 6.06. The molecular weight excluding hydrogens is 595 g/mol. The van der Waals surface area contributed by atoms with Gasteiger partial charge in [-0.15, -0.1) is 5.10 Å². The van der Waals surface area contributed by atoms with Crippen molar-refractivity contribution in [1.29, 1.82) is 0 Å². The largest absolute Gasteiger partial charge is 0.345 e. The van der Waals surface area contributed by atoms with E-state index in [-0.39, 0.29) is 22.9 Å². The molecule has 0 bridgehead atoms. The van der Waals surface area contributed by atoms with Crippen molar-refractivity contribution in [3.05, 3.63) is 92.5 Å². The zero-order valence-electron chi connectivity index (χ0n) is 24.9. The van der Waals surface area contributed by atoms with E-state index in [4.69, 9.17) is 23.2 Å². The molecule has 1 spiro atoms. The van der Waals surface area contributed by atoms with Gasteiger partial charge in [0, 0.05) is 32.2 Å². The summed E-state index contributed by atoms with van der Waals surface area (Å²) in [5.74, 6) is -0.180. The monoisotopic (exact) mass is 630 g/mol. The molecule has 3 heterocycles. The minimum absolute atomic E-state index is 0.0781. The van der Waals surface area contributed by atoms with Crippen LogP contribution in [0.1, 0.15) is 75.6 Å². The van der Waals surface area contributed by atoms with Gasteiger partial charge in [-0.3, -0.25) is 14.5 Å². The van der Waals surface area contributed by atoms with Gasteiger partial charge in [-0.25, -0.2) is 4.68 Å². The smallest absolute Gasteiger partial charge is 0.253 e. The van der Waals surface area contributed by atoms with Crippen molar-refractivity contribution in [3.8, 4) is 0 Å². The number of nitrogens with one attached hydrogen (secondary N) is 1. The number of aryl methyl sites for hydroxylation is 2. The van der Waals surface area contributed by atoms with Crippen LogP contribution in [0.3, 0.4) is 0 Å². The highest BCUT2D eigenvalue weighted by atomic mass is 35.5. The zero-order valence-corrected chi connectivity index (χ0v) is 26.4. The van der Waals surface area contributed by atoms with Crippen molar-refractivity contribution in [1.82, 2.24) is 30.1 Å². The molecule has 8 nitrogen and oxygen atoms in total. The van der Waals surface area contributed by atoms with E-state index in [1.165, 1.54) is 24.0 Å². The summed E-state index contributed by atoms with van der Waals surface area (Å²) in [5.41, 5.74) is 6.83. The minimum Gasteiger partial charge on any atom is -0.345 e. The normalized spacial score (nSPS) is 19.8. The Morgan fingerprint density at radius 2 is 1.75 bits per heavy atom. The summed E-state index contributed by atoms with van der Waals surface area (Å²) >= 11 is 12.4. The molecule has 2 fully saturated rings. The first-order valence-corrected chi connectivity index (χ1v) is 16.2. The van der Waals surface area contributed by atoms with Gasteiger partial charge < -0.3 is 10.2 Å². The van der Waals surface area contributed by atoms with Crippen LogP contribution >= 0.6 is 23.2 Å². The Bertz CT molecular complexity index is 1740. The Morgan fingerprint density at radius 3 is 2.55 bits per heavy atom. The van der Waals surface area contributed by atoms with Crippen molar-refractivity contribution in [2.45, 2.75) is 51.1 Å². The molecule has 1 atom stereocenters. The number of halogens is 2. The van der Waals surface area contributed by atoms with Crippen molar-refractivity contribution in [2.75, 3.05) is 26.2 Å². The summed E-state index contributed by atoms with van der Waals surface area (Å²) in [4.78, 5) is 31.2. The number of piperidine rings is 2. The number of hydrogen-bond donors (Lipinski definition) is 1. The number of aromatic nitrogens is 3. The lowest BCUT2D eigenvalue weighted by Gasteiger charge is -2.47. The number of carbonyl (C=O) groups excluding carboxylic acids is 2. The molecule has 44 heavy (non-hydrogen) atoms. The lowest BCUT2D eigenvalue weighted by atomic mass is 9.71. The second-order valence-electron chi connectivity index (χ2n) is 12.7. The highest BCUT2D eigenvalue weighted by Crippen LogP contribution is 2.42. The van der Waals surface area contributed by atoms with E-state index in [2.05, 4.69) is 38.7 Å². The van der Waals surface area contributed by atoms with E-state index < -0.39 is 0 Å². The van der Waals surface area contributed by atoms with E-state index in [1.807, 2.05) is 34.8 Å². The number of carbonyl (C=O) groups is 2. The molecule has 3 aliphatic rings. The van der Waals surface area contributed by atoms with Crippen LogP contribution in [0, 0.1) is 5.41 Å². The van der Waals surface area contributed by atoms with Crippen LogP contribution in [0.15, 0.2) is 54.6 Å². The lowest BCUT2D eigenvalue weighted by Crippen LogP contribution is -2.48. The summed E-state index contributed by atoms with van der Waals surface area (Å²) in [7, 11) is 1.92. The predicted octanol–water partition coefficient (Wildman–Crippen LogP) is 6.21. The first-order valence-electron chi connectivity index (χ1n) is 15.5. The Morgan fingerprint density at radius 1 is 0.977 bits per heavy atom. The Labute approximate surface area is 267 Å². The van der Waals surface area contributed by atoms with Gasteiger partial charge in [-0.1, -0.05) is 46.6 Å². The second-order valence-corrected chi connectivity index (χ2v) is 13.5. The average molecular weight is 632 g/mol. The quantitative estimate of drug-likeness (QED) is 0.283. The Kier molecular flexibility index (Phi) is 7.85. The van der Waals surface area contributed by atoms with Crippen LogP contribution in [0.2, 0.25) is 10.0 Å². The summed E-state index contributed by atoms with van der Waals surface area (Å²) in [6.45, 7) is 4.65. The van der Waals surface area contributed by atoms with Crippen LogP contribution in [0.5, 0.6) is 0 Å². The van der Waals surface area contributed by atoms with Gasteiger partial charge in [0.25, 0.3) is 11.8 Å². The standard InChI is InChI=1S/C34H36Cl2N6O2/c1-40-30-10-5-22(19-29(30)38-39-40)21-41-15-11-34(12-16-41)13-17-42(18-14-34)33(44)24-7-6-23-8-9-28(26(23)20-24)37-32(43)25-3-2-4-27(35)31(25)36/h2-7,10,19-20,28H,8-9,11-18,21H2,1H3,(H,37,43). The molecule has 4 aromatic rings. The van der Waals surface area contributed by atoms with Gasteiger partial charge in [0.1, 0.15) is 5.52 Å². The van der Waals surface area contributed by atoms with Crippen LogP contribution in [0.4, 0.5) is 0 Å². The Hall–Kier alpha value is -3.46. The predicted molar refractivity (Wildman–Crippen MR) is 172 cm³/mol. The van der Waals surface area contributed by atoms with Crippen LogP contribution in [0.25, 0.3) is 11.0 Å². The number of benzene rings is 3. The summed E-state index contributed by atoms with van der Waals surface area (Å²) in [6, 6.07) is 17.3. The molecule has 2 saturated heterocycles. The van der Waals surface area contributed by atoms with E-state index >= 15 is 0 Å². The lowest BCUT2D eigenvalue weighted by molar-refractivity contribution is 0.0285. The first kappa shape index (κ1) is 29.3. The van der Waals surface area contributed by atoms with E-state index in [0.717, 1.165) is 75.0 Å². The maximum Gasteiger partial charge on any atom is 0.253 e. The van der Waals surface area contributed by atoms with Gasteiger partial charge in [-0.05, 0) is 110 Å². The van der Waals surface area contributed by atoms with Crippen molar-refractivity contribution in [2.24, 2.45) is 12.5 Å². The molecular formula is C34H36Cl2N6O2. The number of fused-ring (bicyclic) bond motifs is 2. The number of rotatable bonds is 5. The SMILES string of the molecule is Cn1nnc2cc(CN3CCC4(CC3)CCN(C(=O)c3ccc5c(c3)C(NC(=O)c3cccc(Cl)c3Cl)CC5)CC4)ccc21. The molecule has 1 aromatic heterocycles. The van der Waals surface area contributed by atoms with Crippen molar-refractivity contribution < 1.29 is 9.59 Å². The Balaban J connectivity index is 0.946. The van der Waals surface area contributed by atoms with Crippen molar-refractivity contribution >= 4 is 46.0 Å². The minimum atomic E-state index is -0.258. The molecule has 0 saturated carbocycles. The zero-order chi connectivity index (χ0) is 30.4. The molecule has 228 valence electrons. The molecule has 10 heteroatoms. The third-order valence-corrected chi connectivity index (χ3v) is 10.9. The molecule has 2 amide bonds. The van der Waals surface area contributed by atoms with Gasteiger partial charge in [0.2, 0.25) is 0 Å². The second kappa shape index (κ2) is 11.8. The third-order valence-electron chi connectivity index (χ3n) is 10.1. The van der Waals surface area contributed by atoms with Crippen LogP contribution < -0.4 is 5.32 Å². The summed E-state index contributed by atoms with van der Waals surface area (Å²) < 4.78 is 1.81. The number of hydrogen-bond acceptors (Lipinski definition) is 5. The maximum absolute atomic E-state index is 13.6. The molecule has 0 radical (unpaired) electrons. The topological polar surface area (TPSA) is 83.4 Å². The molecule has 7 rings (SSSR count). The molecule has 1 N–H and O–H groups in total. The van der Waals surface area contributed by atoms with Gasteiger partial charge >= 0.3 is 0 Å². The highest BCUT2D eigenvalue weighted by molar-refractivity contribution is 6.43.